The van der Waals surface area contributed by atoms with Gasteiger partial charge in [0.2, 0.25) is 5.91 Å². The largest absolute Gasteiger partial charge is 0.480 e. The highest BCUT2D eigenvalue weighted by Crippen LogP contribution is 2.23. The Morgan fingerprint density at radius 3 is 2.43 bits per heavy atom. The highest BCUT2D eigenvalue weighted by Gasteiger charge is 2.37. The number of hydrogen-bond acceptors (Lipinski definition) is 5. The van der Waals surface area contributed by atoms with Crippen LogP contribution in [0.25, 0.3) is 0 Å². The lowest BCUT2D eigenvalue weighted by atomic mass is 9.99. The van der Waals surface area contributed by atoms with E-state index in [0.29, 0.717) is 6.54 Å². The first-order valence-electron chi connectivity index (χ1n) is 6.44. The fraction of sp³-hybridized carbons (Fsp3) is 0.667. The minimum absolute atomic E-state index is 0.0240. The molecule has 1 aliphatic rings. The molecular weight excluding hydrogens is 282 g/mol. The molecule has 9 heteroatoms. The number of esters is 1. The van der Waals surface area contributed by atoms with Gasteiger partial charge >= 0.3 is 18.0 Å². The first-order valence-corrected chi connectivity index (χ1v) is 6.44. The van der Waals surface area contributed by atoms with Gasteiger partial charge in [-0.25, -0.2) is 4.79 Å². The zero-order valence-electron chi connectivity index (χ0n) is 11.9. The molecule has 3 N–H and O–H groups in total. The topological polar surface area (TPSA) is 125 Å². The third-order valence-electron chi connectivity index (χ3n) is 3.24. The number of hydrogen-bond donors (Lipinski definition) is 3. The molecule has 1 rings (SSSR count). The van der Waals surface area contributed by atoms with E-state index in [-0.39, 0.29) is 30.9 Å². The number of ether oxygens (including phenoxy) is 1. The Kier molecular flexibility index (Phi) is 5.94. The Balaban J connectivity index is 2.38. The van der Waals surface area contributed by atoms with Gasteiger partial charge in [-0.15, -0.1) is 0 Å². The number of aliphatic carboxylic acids is 1. The maximum Gasteiger partial charge on any atom is 0.322 e. The Morgan fingerprint density at radius 1 is 1.19 bits per heavy atom. The van der Waals surface area contributed by atoms with Crippen molar-refractivity contribution < 1.29 is 29.0 Å². The van der Waals surface area contributed by atoms with E-state index in [9.17, 15) is 19.2 Å². The average Bonchev–Trinajstić information content (AvgIpc) is 2.83. The summed E-state index contributed by atoms with van der Waals surface area (Å²) < 4.78 is 4.67. The molecule has 0 aromatic heterocycles. The van der Waals surface area contributed by atoms with Crippen molar-refractivity contribution in [3.8, 4) is 0 Å². The van der Waals surface area contributed by atoms with Gasteiger partial charge < -0.3 is 25.4 Å². The van der Waals surface area contributed by atoms with Gasteiger partial charge in [-0.3, -0.25) is 14.4 Å². The van der Waals surface area contributed by atoms with Crippen molar-refractivity contribution >= 4 is 23.9 Å². The normalized spacial score (nSPS) is 20.8. The van der Waals surface area contributed by atoms with Crippen LogP contribution in [0.5, 0.6) is 0 Å². The number of nitrogens with zero attached hydrogens (tertiary/aromatic N) is 1. The number of carbonyl (C=O) groups excluding carboxylic acids is 3. The molecule has 1 fully saturated rings. The number of carboxylic acids is 1. The van der Waals surface area contributed by atoms with Crippen LogP contribution in [-0.4, -0.2) is 67.2 Å². The fourth-order valence-electron chi connectivity index (χ4n) is 2.10. The van der Waals surface area contributed by atoms with Crippen molar-refractivity contribution in [2.24, 2.45) is 11.8 Å². The summed E-state index contributed by atoms with van der Waals surface area (Å²) in [6.07, 6.45) is 0. The third kappa shape index (κ3) is 4.93. The Bertz CT molecular complexity index is 439. The highest BCUT2D eigenvalue weighted by atomic mass is 16.5. The molecule has 0 aromatic rings. The fourth-order valence-corrected chi connectivity index (χ4v) is 2.10. The molecule has 0 aromatic carbocycles. The maximum atomic E-state index is 11.9. The van der Waals surface area contributed by atoms with Crippen LogP contribution in [0.4, 0.5) is 4.79 Å². The Hall–Kier alpha value is -2.32. The van der Waals surface area contributed by atoms with Gasteiger partial charge in [0.1, 0.15) is 6.54 Å². The number of methoxy groups -OCH3 is 1. The molecule has 1 saturated heterocycles. The summed E-state index contributed by atoms with van der Waals surface area (Å²) in [7, 11) is 1.30. The highest BCUT2D eigenvalue weighted by molar-refractivity contribution is 5.86. The van der Waals surface area contributed by atoms with Crippen molar-refractivity contribution in [1.29, 1.82) is 0 Å². The number of nitrogens with one attached hydrogen (secondary N) is 2. The summed E-state index contributed by atoms with van der Waals surface area (Å²) in [4.78, 5) is 46.3. The molecule has 0 aliphatic carbocycles. The van der Waals surface area contributed by atoms with E-state index in [1.54, 1.807) is 0 Å². The predicted octanol–water partition coefficient (Wildman–Crippen LogP) is -1.36. The molecule has 2 atom stereocenters. The second kappa shape index (κ2) is 7.46. The molecule has 0 bridgehead atoms. The smallest absolute Gasteiger partial charge is 0.322 e. The summed E-state index contributed by atoms with van der Waals surface area (Å²) >= 11 is 0. The summed E-state index contributed by atoms with van der Waals surface area (Å²) in [5, 5.41) is 12.9. The zero-order chi connectivity index (χ0) is 16.0. The van der Waals surface area contributed by atoms with E-state index in [0.717, 1.165) is 0 Å². The first kappa shape index (κ1) is 16.7. The van der Waals surface area contributed by atoms with Crippen molar-refractivity contribution in [1.82, 2.24) is 15.5 Å². The molecule has 21 heavy (non-hydrogen) atoms. The molecule has 0 radical (unpaired) electrons. The van der Waals surface area contributed by atoms with Crippen LogP contribution in [0.15, 0.2) is 0 Å². The van der Waals surface area contributed by atoms with Gasteiger partial charge in [-0.05, 0) is 5.92 Å². The van der Waals surface area contributed by atoms with Crippen molar-refractivity contribution in [2.45, 2.75) is 6.92 Å². The molecule has 2 unspecified atom stereocenters. The minimum Gasteiger partial charge on any atom is -0.480 e. The van der Waals surface area contributed by atoms with Crippen LogP contribution < -0.4 is 10.6 Å². The quantitative estimate of drug-likeness (QED) is 0.538. The average molecular weight is 301 g/mol. The second-order valence-corrected chi connectivity index (χ2v) is 4.84. The van der Waals surface area contributed by atoms with Crippen LogP contribution in [0.2, 0.25) is 0 Å². The molecule has 1 heterocycles. The molecular formula is C12H19N3O6. The number of urea groups is 1. The van der Waals surface area contributed by atoms with Crippen LogP contribution in [0, 0.1) is 11.8 Å². The van der Waals surface area contributed by atoms with Crippen LogP contribution >= 0.6 is 0 Å². The molecule has 0 spiro atoms. The molecule has 0 saturated carbocycles. The summed E-state index contributed by atoms with van der Waals surface area (Å²) in [6, 6.07) is -0.473. The standard InChI is InChI=1S/C12H19N3O6/c1-7-5-15(6-8(7)11(19)21-2)12(20)14-3-9(16)13-4-10(17)18/h7-8H,3-6H2,1-2H3,(H,13,16)(H,14,20)(H,17,18). The van der Waals surface area contributed by atoms with E-state index >= 15 is 0 Å². The van der Waals surface area contributed by atoms with Gasteiger partial charge in [0, 0.05) is 13.1 Å². The van der Waals surface area contributed by atoms with Crippen LogP contribution in [0.3, 0.4) is 0 Å². The number of likely N-dealkylation sites (tertiary alicyclic amines) is 1. The summed E-state index contributed by atoms with van der Waals surface area (Å²) in [5.74, 6) is -2.52. The zero-order valence-corrected chi connectivity index (χ0v) is 11.9. The Morgan fingerprint density at radius 2 is 1.86 bits per heavy atom. The van der Waals surface area contributed by atoms with Crippen molar-refractivity contribution in [3.63, 3.8) is 0 Å². The molecule has 1 aliphatic heterocycles. The maximum absolute atomic E-state index is 11.9. The molecule has 9 nitrogen and oxygen atoms in total. The molecule has 3 amide bonds. The SMILES string of the molecule is COC(=O)C1CN(C(=O)NCC(=O)NCC(=O)O)CC1C. The van der Waals surface area contributed by atoms with E-state index in [1.807, 2.05) is 6.92 Å². The van der Waals surface area contributed by atoms with Crippen LogP contribution in [-0.2, 0) is 19.1 Å². The first-order chi connectivity index (χ1) is 9.85. The van der Waals surface area contributed by atoms with E-state index in [2.05, 4.69) is 15.4 Å². The predicted molar refractivity (Wildman–Crippen MR) is 70.3 cm³/mol. The Labute approximate surface area is 121 Å². The minimum atomic E-state index is -1.16. The van der Waals surface area contributed by atoms with Crippen LogP contribution in [0.1, 0.15) is 6.92 Å². The van der Waals surface area contributed by atoms with E-state index in [1.165, 1.54) is 12.0 Å². The van der Waals surface area contributed by atoms with Gasteiger partial charge in [-0.2, -0.15) is 0 Å². The van der Waals surface area contributed by atoms with Gasteiger partial charge in [0.25, 0.3) is 0 Å². The number of carboxylic acid groups (broad SMARTS) is 1. The van der Waals surface area contributed by atoms with E-state index in [4.69, 9.17) is 5.11 Å². The lowest BCUT2D eigenvalue weighted by Gasteiger charge is -2.16. The summed E-state index contributed by atoms with van der Waals surface area (Å²) in [6.45, 7) is 1.65. The van der Waals surface area contributed by atoms with Gasteiger partial charge in [0.05, 0.1) is 19.6 Å². The second-order valence-electron chi connectivity index (χ2n) is 4.84. The lowest BCUT2D eigenvalue weighted by molar-refractivity contribution is -0.146. The number of amides is 3. The van der Waals surface area contributed by atoms with Crippen molar-refractivity contribution in [3.05, 3.63) is 0 Å². The third-order valence-corrected chi connectivity index (χ3v) is 3.24. The summed E-state index contributed by atoms with van der Waals surface area (Å²) in [5.41, 5.74) is 0. The molecule has 118 valence electrons. The lowest BCUT2D eigenvalue weighted by Crippen LogP contribution is -2.44. The van der Waals surface area contributed by atoms with Crippen molar-refractivity contribution in [2.75, 3.05) is 33.3 Å². The van der Waals surface area contributed by atoms with E-state index < -0.39 is 24.5 Å². The van der Waals surface area contributed by atoms with Gasteiger partial charge in [0.15, 0.2) is 0 Å². The number of rotatable bonds is 5. The van der Waals surface area contributed by atoms with Gasteiger partial charge in [-0.1, -0.05) is 6.92 Å². The monoisotopic (exact) mass is 301 g/mol. The number of carbonyl (C=O) groups is 4.